The van der Waals surface area contributed by atoms with Gasteiger partial charge in [0.2, 0.25) is 5.95 Å². The average Bonchev–Trinajstić information content (AvgIpc) is 4.12. The number of fused-ring (bicyclic) bond motifs is 13. The molecule has 0 radical (unpaired) electrons. The molecule has 0 amide bonds. The predicted octanol–water partition coefficient (Wildman–Crippen LogP) is 14.5. The second kappa shape index (κ2) is 13.5. The van der Waals surface area contributed by atoms with Gasteiger partial charge in [-0.3, -0.25) is 0 Å². The van der Waals surface area contributed by atoms with E-state index < -0.39 is 0 Å². The quantitative estimate of drug-likeness (QED) is 0.172. The molecule has 0 fully saturated rings. The molecule has 2 unspecified atom stereocenters. The van der Waals surface area contributed by atoms with E-state index in [1.807, 2.05) is 48.5 Å². The number of rotatable bonds is 5. The maximum absolute atomic E-state index is 6.91. The standard InChI is InChI=1S/C57H35N5O2/c1-3-15-34(16-4-1)37-32-45-41-22-10-14-26-50(41)64-54(45)48(33-37)61-46-23-11-7-19-38(46)42-28-29-43-39-20-8-12-24-47(39)62(53(43)52(42)61)57-59-55(35-17-5-2-6-18-35)58-56(60-57)36-27-30-51-44(31-36)40-21-9-13-25-49(40)63-51/h1-33,39,47H. The van der Waals surface area contributed by atoms with Gasteiger partial charge in [-0.05, 0) is 65.2 Å². The lowest BCUT2D eigenvalue weighted by Crippen LogP contribution is -2.30. The highest BCUT2D eigenvalue weighted by molar-refractivity contribution is 6.17. The first-order chi connectivity index (χ1) is 31.7. The highest BCUT2D eigenvalue weighted by atomic mass is 16.3. The molecule has 2 atom stereocenters. The van der Waals surface area contributed by atoms with Crippen LogP contribution < -0.4 is 4.90 Å². The summed E-state index contributed by atoms with van der Waals surface area (Å²) < 4.78 is 15.6. The summed E-state index contributed by atoms with van der Waals surface area (Å²) >= 11 is 0. The maximum atomic E-state index is 6.91. The van der Waals surface area contributed by atoms with Crippen LogP contribution in [0.4, 0.5) is 11.6 Å². The zero-order chi connectivity index (χ0) is 41.9. The molecule has 5 heterocycles. The molecule has 1 aliphatic heterocycles. The number of anilines is 2. The molecular weight excluding hydrogens is 787 g/mol. The van der Waals surface area contributed by atoms with Gasteiger partial charge in [-0.25, -0.2) is 4.98 Å². The van der Waals surface area contributed by atoms with Crippen LogP contribution in [0.15, 0.2) is 209 Å². The molecule has 14 rings (SSSR count). The van der Waals surface area contributed by atoms with Crippen LogP contribution in [0.25, 0.3) is 105 Å². The van der Waals surface area contributed by atoms with Crippen LogP contribution >= 0.6 is 0 Å². The molecule has 7 nitrogen and oxygen atoms in total. The average molecular weight is 822 g/mol. The Bertz CT molecular complexity index is 3930. The Balaban J connectivity index is 1.08. The Labute approximate surface area is 366 Å². The predicted molar refractivity (Wildman–Crippen MR) is 258 cm³/mol. The van der Waals surface area contributed by atoms with E-state index in [0.717, 1.165) is 99.3 Å². The Kier molecular flexibility index (Phi) is 7.39. The van der Waals surface area contributed by atoms with E-state index in [1.54, 1.807) is 0 Å². The van der Waals surface area contributed by atoms with Gasteiger partial charge in [0.05, 0.1) is 28.5 Å². The third-order valence-corrected chi connectivity index (χ3v) is 13.2. The van der Waals surface area contributed by atoms with Gasteiger partial charge in [-0.15, -0.1) is 0 Å². The fourth-order valence-corrected chi connectivity index (χ4v) is 10.3. The van der Waals surface area contributed by atoms with Crippen molar-refractivity contribution in [1.29, 1.82) is 0 Å². The Morgan fingerprint density at radius 3 is 1.89 bits per heavy atom. The van der Waals surface area contributed by atoms with E-state index >= 15 is 0 Å². The van der Waals surface area contributed by atoms with Gasteiger partial charge in [0.1, 0.15) is 16.7 Å². The van der Waals surface area contributed by atoms with Gasteiger partial charge in [0.15, 0.2) is 17.2 Å². The number of benzene rings is 8. The van der Waals surface area contributed by atoms with Gasteiger partial charge in [0.25, 0.3) is 0 Å². The lowest BCUT2D eigenvalue weighted by Gasteiger charge is -2.27. The van der Waals surface area contributed by atoms with Crippen molar-refractivity contribution in [3.05, 3.63) is 206 Å². The highest BCUT2D eigenvalue weighted by Crippen LogP contribution is 2.53. The minimum atomic E-state index is -0.0990. The molecule has 0 bridgehead atoms. The van der Waals surface area contributed by atoms with Crippen LogP contribution in [0.3, 0.4) is 0 Å². The normalized spacial score (nSPS) is 15.7. The number of hydrogen-bond donors (Lipinski definition) is 0. The SMILES string of the molecule is C1=CC2c3ccc4c5ccccc5n(-c5cc(-c6ccccc6)cc6c5oc5ccccc56)c4c3N(c3nc(-c4ccccc4)nc(-c4ccc5oc6ccccc6c5c4)n3)C2C=C1. The lowest BCUT2D eigenvalue weighted by atomic mass is 9.91. The maximum Gasteiger partial charge on any atom is 0.234 e. The summed E-state index contributed by atoms with van der Waals surface area (Å²) in [6.45, 7) is 0. The van der Waals surface area contributed by atoms with Crippen LogP contribution in [-0.4, -0.2) is 25.6 Å². The van der Waals surface area contributed by atoms with Gasteiger partial charge in [0, 0.05) is 49.4 Å². The fraction of sp³-hybridized carbons (Fsp3) is 0.0351. The van der Waals surface area contributed by atoms with Crippen LogP contribution in [-0.2, 0) is 0 Å². The van der Waals surface area contributed by atoms with Gasteiger partial charge in [-0.1, -0.05) is 152 Å². The summed E-state index contributed by atoms with van der Waals surface area (Å²) in [6.07, 6.45) is 8.90. The van der Waals surface area contributed by atoms with Crippen molar-refractivity contribution in [2.75, 3.05) is 4.90 Å². The zero-order valence-electron chi connectivity index (χ0n) is 34.3. The smallest absolute Gasteiger partial charge is 0.234 e. The van der Waals surface area contributed by atoms with Crippen molar-refractivity contribution >= 4 is 77.3 Å². The monoisotopic (exact) mass is 821 g/mol. The Morgan fingerprint density at radius 1 is 0.438 bits per heavy atom. The fourth-order valence-electron chi connectivity index (χ4n) is 10.3. The molecule has 300 valence electrons. The molecule has 2 aliphatic rings. The Hall–Kier alpha value is -8.55. The summed E-state index contributed by atoms with van der Waals surface area (Å²) in [5, 5.41) is 6.51. The summed E-state index contributed by atoms with van der Waals surface area (Å²) in [5.41, 5.74) is 12.8. The van der Waals surface area contributed by atoms with Crippen molar-refractivity contribution in [3.8, 4) is 39.6 Å². The molecule has 12 aromatic rings. The lowest BCUT2D eigenvalue weighted by molar-refractivity contribution is 0.666. The van der Waals surface area contributed by atoms with Gasteiger partial charge in [-0.2, -0.15) is 9.97 Å². The summed E-state index contributed by atoms with van der Waals surface area (Å²) in [6, 6.07) is 61.3. The van der Waals surface area contributed by atoms with E-state index in [0.29, 0.717) is 17.6 Å². The first-order valence-corrected chi connectivity index (χ1v) is 21.7. The molecule has 0 saturated carbocycles. The summed E-state index contributed by atoms with van der Waals surface area (Å²) in [4.78, 5) is 18.4. The zero-order valence-corrected chi connectivity index (χ0v) is 34.3. The van der Waals surface area contributed by atoms with E-state index in [9.17, 15) is 0 Å². The molecule has 8 aromatic carbocycles. The highest BCUT2D eigenvalue weighted by Gasteiger charge is 2.42. The molecule has 4 aromatic heterocycles. The van der Waals surface area contributed by atoms with Crippen LogP contribution in [0.5, 0.6) is 0 Å². The number of aromatic nitrogens is 4. The van der Waals surface area contributed by atoms with Crippen molar-refractivity contribution in [2.24, 2.45) is 0 Å². The first-order valence-electron chi connectivity index (χ1n) is 21.7. The molecule has 7 heteroatoms. The minimum absolute atomic E-state index is 0.0479. The number of nitrogens with zero attached hydrogens (tertiary/aromatic N) is 5. The molecule has 0 N–H and O–H groups in total. The van der Waals surface area contributed by atoms with E-state index in [4.69, 9.17) is 23.8 Å². The second-order valence-corrected chi connectivity index (χ2v) is 16.7. The molecule has 0 saturated heterocycles. The van der Waals surface area contributed by atoms with E-state index in [-0.39, 0.29) is 12.0 Å². The molecule has 0 spiro atoms. The van der Waals surface area contributed by atoms with Crippen molar-refractivity contribution in [1.82, 2.24) is 19.5 Å². The molecule has 64 heavy (non-hydrogen) atoms. The Morgan fingerprint density at radius 2 is 1.08 bits per heavy atom. The first kappa shape index (κ1) is 35.1. The minimum Gasteiger partial charge on any atom is -0.456 e. The van der Waals surface area contributed by atoms with Gasteiger partial charge < -0.3 is 18.3 Å². The van der Waals surface area contributed by atoms with E-state index in [1.165, 1.54) is 5.56 Å². The van der Waals surface area contributed by atoms with Gasteiger partial charge >= 0.3 is 0 Å². The van der Waals surface area contributed by atoms with Crippen molar-refractivity contribution in [2.45, 2.75) is 12.0 Å². The van der Waals surface area contributed by atoms with Crippen molar-refractivity contribution in [3.63, 3.8) is 0 Å². The van der Waals surface area contributed by atoms with Crippen LogP contribution in [0, 0.1) is 0 Å². The van der Waals surface area contributed by atoms with Crippen LogP contribution in [0.2, 0.25) is 0 Å². The third kappa shape index (κ3) is 5.12. The number of para-hydroxylation sites is 3. The third-order valence-electron chi connectivity index (χ3n) is 13.2. The summed E-state index contributed by atoms with van der Waals surface area (Å²) in [7, 11) is 0. The summed E-state index contributed by atoms with van der Waals surface area (Å²) in [5.74, 6) is 1.81. The second-order valence-electron chi connectivity index (χ2n) is 16.7. The van der Waals surface area contributed by atoms with Crippen LogP contribution in [0.1, 0.15) is 11.5 Å². The largest absolute Gasteiger partial charge is 0.456 e. The topological polar surface area (TPSA) is 73.1 Å². The molecular formula is C57H35N5O2. The number of hydrogen-bond acceptors (Lipinski definition) is 6. The molecule has 1 aliphatic carbocycles. The number of allylic oxidation sites excluding steroid dienone is 2. The van der Waals surface area contributed by atoms with Crippen molar-refractivity contribution < 1.29 is 8.83 Å². The van der Waals surface area contributed by atoms with E-state index in [2.05, 4.69) is 161 Å². The number of furan rings is 2.